The van der Waals surface area contributed by atoms with Crippen LogP contribution < -0.4 is 14.8 Å². The van der Waals surface area contributed by atoms with Gasteiger partial charge in [0.25, 0.3) is 5.91 Å². The topological polar surface area (TPSA) is 73.9 Å². The Morgan fingerprint density at radius 1 is 1.07 bits per heavy atom. The van der Waals surface area contributed by atoms with E-state index in [1.807, 2.05) is 55.5 Å². The number of methoxy groups -OCH3 is 1. The van der Waals surface area contributed by atoms with Gasteiger partial charge in [-0.3, -0.25) is 9.59 Å². The van der Waals surface area contributed by atoms with E-state index >= 15 is 0 Å². The molecule has 0 unspecified atom stereocenters. The smallest absolute Gasteiger partial charge is 0.306 e. The van der Waals surface area contributed by atoms with Gasteiger partial charge in [-0.1, -0.05) is 30.3 Å². The normalized spacial score (nSPS) is 10.1. The fourth-order valence-electron chi connectivity index (χ4n) is 2.42. The summed E-state index contributed by atoms with van der Waals surface area (Å²) in [6.07, 6.45) is 0.723. The van der Waals surface area contributed by atoms with Crippen LogP contribution in [0, 0.1) is 6.92 Å². The Morgan fingerprint density at radius 3 is 2.67 bits per heavy atom. The molecule has 6 heteroatoms. The average molecular weight is 371 g/mol. The molecule has 27 heavy (non-hydrogen) atoms. The Hall–Kier alpha value is -3.02. The van der Waals surface area contributed by atoms with Gasteiger partial charge in [0.1, 0.15) is 11.5 Å². The first-order chi connectivity index (χ1) is 13.1. The molecule has 0 aliphatic carbocycles. The van der Waals surface area contributed by atoms with Crippen LogP contribution in [0.1, 0.15) is 24.0 Å². The molecule has 0 aromatic heterocycles. The molecule has 2 aromatic rings. The Bertz CT molecular complexity index is 760. The number of rotatable bonds is 10. The molecule has 0 aliphatic heterocycles. The highest BCUT2D eigenvalue weighted by Gasteiger charge is 2.09. The molecule has 0 saturated carbocycles. The minimum absolute atomic E-state index is 0.200. The molecule has 0 spiro atoms. The zero-order chi connectivity index (χ0) is 19.5. The minimum atomic E-state index is -0.421. The number of aryl methyl sites for hydroxylation is 1. The molecule has 2 aromatic carbocycles. The first-order valence-corrected chi connectivity index (χ1v) is 8.82. The third-order valence-electron chi connectivity index (χ3n) is 3.82. The molecule has 0 bridgehead atoms. The molecule has 1 amide bonds. The zero-order valence-electron chi connectivity index (χ0n) is 15.7. The molecule has 1 N–H and O–H groups in total. The van der Waals surface area contributed by atoms with Crippen LogP contribution in [0.2, 0.25) is 0 Å². The summed E-state index contributed by atoms with van der Waals surface area (Å²) in [5.41, 5.74) is 1.97. The molecular formula is C21H25NO5. The lowest BCUT2D eigenvalue weighted by molar-refractivity contribution is -0.148. The van der Waals surface area contributed by atoms with Crippen molar-refractivity contribution in [2.45, 2.75) is 26.3 Å². The number of amides is 1. The lowest BCUT2D eigenvalue weighted by Crippen LogP contribution is -2.28. The maximum Gasteiger partial charge on any atom is 0.306 e. The van der Waals surface area contributed by atoms with E-state index in [9.17, 15) is 9.59 Å². The van der Waals surface area contributed by atoms with E-state index in [1.165, 1.54) is 0 Å². The summed E-state index contributed by atoms with van der Waals surface area (Å²) in [5, 5.41) is 2.70. The Kier molecular flexibility index (Phi) is 8.16. The lowest BCUT2D eigenvalue weighted by atomic mass is 10.2. The minimum Gasteiger partial charge on any atom is -0.496 e. The number of esters is 1. The summed E-state index contributed by atoms with van der Waals surface area (Å²) >= 11 is 0. The monoisotopic (exact) mass is 371 g/mol. The fraction of sp³-hybridized carbons (Fsp3) is 0.333. The summed E-state index contributed by atoms with van der Waals surface area (Å²) in [6.45, 7) is 2.42. The summed E-state index contributed by atoms with van der Waals surface area (Å²) in [5.74, 6) is 0.697. The summed E-state index contributed by atoms with van der Waals surface area (Å²) in [4.78, 5) is 23.5. The lowest BCUT2D eigenvalue weighted by Gasteiger charge is -2.10. The molecule has 0 heterocycles. The number of para-hydroxylation sites is 1. The molecule has 2 rings (SSSR count). The third-order valence-corrected chi connectivity index (χ3v) is 3.82. The van der Waals surface area contributed by atoms with Crippen molar-refractivity contribution in [2.24, 2.45) is 0 Å². The van der Waals surface area contributed by atoms with Crippen LogP contribution in [-0.2, 0) is 20.9 Å². The number of nitrogens with one attached hydrogen (secondary N) is 1. The van der Waals surface area contributed by atoms with Crippen molar-refractivity contribution in [1.29, 1.82) is 0 Å². The van der Waals surface area contributed by atoms with Crippen LogP contribution in [0.5, 0.6) is 11.5 Å². The number of ether oxygens (including phenoxy) is 3. The maximum absolute atomic E-state index is 11.8. The van der Waals surface area contributed by atoms with Crippen LogP contribution >= 0.6 is 0 Å². The van der Waals surface area contributed by atoms with Gasteiger partial charge >= 0.3 is 5.97 Å². The first-order valence-electron chi connectivity index (χ1n) is 8.82. The number of hydrogen-bond acceptors (Lipinski definition) is 5. The van der Waals surface area contributed by atoms with Crippen LogP contribution in [0.3, 0.4) is 0 Å². The van der Waals surface area contributed by atoms with Crippen LogP contribution in [0.4, 0.5) is 0 Å². The second kappa shape index (κ2) is 10.9. The van der Waals surface area contributed by atoms with E-state index < -0.39 is 5.97 Å². The van der Waals surface area contributed by atoms with Gasteiger partial charge < -0.3 is 19.5 Å². The predicted octanol–water partition coefficient (Wildman–Crippen LogP) is 3.02. The SMILES string of the molecule is COc1ccccc1CNC(=O)COC(=O)CCCOc1cccc(C)c1. The van der Waals surface area contributed by atoms with Gasteiger partial charge in [0.05, 0.1) is 13.7 Å². The van der Waals surface area contributed by atoms with Gasteiger partial charge in [0.15, 0.2) is 6.61 Å². The quantitative estimate of drug-likeness (QED) is 0.513. The van der Waals surface area contributed by atoms with E-state index in [2.05, 4.69) is 5.32 Å². The largest absolute Gasteiger partial charge is 0.496 e. The Labute approximate surface area is 159 Å². The molecule has 0 fully saturated rings. The second-order valence-corrected chi connectivity index (χ2v) is 6.02. The maximum atomic E-state index is 11.8. The van der Waals surface area contributed by atoms with E-state index in [-0.39, 0.29) is 18.9 Å². The average Bonchev–Trinajstić information content (AvgIpc) is 2.68. The molecule has 0 aliphatic rings. The second-order valence-electron chi connectivity index (χ2n) is 6.02. The molecule has 0 radical (unpaired) electrons. The highest BCUT2D eigenvalue weighted by Crippen LogP contribution is 2.16. The van der Waals surface area contributed by atoms with Crippen molar-refractivity contribution in [3.8, 4) is 11.5 Å². The molecule has 144 valence electrons. The number of hydrogen-bond donors (Lipinski definition) is 1. The number of carbonyl (C=O) groups excluding carboxylic acids is 2. The zero-order valence-corrected chi connectivity index (χ0v) is 15.7. The van der Waals surface area contributed by atoms with Gasteiger partial charge in [-0.15, -0.1) is 0 Å². The molecule has 0 atom stereocenters. The standard InChI is InChI=1S/C21H25NO5/c1-16-7-5-9-18(13-16)26-12-6-11-21(24)27-15-20(23)22-14-17-8-3-4-10-19(17)25-2/h3-5,7-10,13H,6,11-12,14-15H2,1-2H3,(H,22,23). The van der Waals surface area contributed by atoms with Gasteiger partial charge in [-0.05, 0) is 37.1 Å². The van der Waals surface area contributed by atoms with E-state index in [1.54, 1.807) is 7.11 Å². The van der Waals surface area contributed by atoms with E-state index in [0.717, 1.165) is 16.9 Å². The van der Waals surface area contributed by atoms with Crippen molar-refractivity contribution in [3.63, 3.8) is 0 Å². The predicted molar refractivity (Wildman–Crippen MR) is 102 cm³/mol. The van der Waals surface area contributed by atoms with E-state index in [0.29, 0.717) is 25.3 Å². The summed E-state index contributed by atoms with van der Waals surface area (Å²) < 4.78 is 15.8. The van der Waals surface area contributed by atoms with Crippen molar-refractivity contribution >= 4 is 11.9 Å². The summed E-state index contributed by atoms with van der Waals surface area (Å²) in [7, 11) is 1.57. The fourth-order valence-corrected chi connectivity index (χ4v) is 2.42. The van der Waals surface area contributed by atoms with E-state index in [4.69, 9.17) is 14.2 Å². The van der Waals surface area contributed by atoms with Crippen LogP contribution in [-0.4, -0.2) is 32.2 Å². The molecule has 0 saturated heterocycles. The van der Waals surface area contributed by atoms with Crippen molar-refractivity contribution in [1.82, 2.24) is 5.32 Å². The Morgan fingerprint density at radius 2 is 1.89 bits per heavy atom. The van der Waals surface area contributed by atoms with Gasteiger partial charge in [-0.25, -0.2) is 0 Å². The summed E-state index contributed by atoms with van der Waals surface area (Å²) in [6, 6.07) is 15.1. The highest BCUT2D eigenvalue weighted by atomic mass is 16.5. The van der Waals surface area contributed by atoms with Crippen LogP contribution in [0.25, 0.3) is 0 Å². The van der Waals surface area contributed by atoms with Crippen molar-refractivity contribution < 1.29 is 23.8 Å². The first kappa shape index (κ1) is 20.3. The number of carbonyl (C=O) groups is 2. The van der Waals surface area contributed by atoms with Crippen molar-refractivity contribution in [2.75, 3.05) is 20.3 Å². The highest BCUT2D eigenvalue weighted by molar-refractivity contribution is 5.80. The van der Waals surface area contributed by atoms with Crippen molar-refractivity contribution in [3.05, 3.63) is 59.7 Å². The van der Waals surface area contributed by atoms with Gasteiger partial charge in [0, 0.05) is 18.5 Å². The third kappa shape index (κ3) is 7.40. The van der Waals surface area contributed by atoms with Gasteiger partial charge in [0.2, 0.25) is 0 Å². The van der Waals surface area contributed by atoms with Crippen LogP contribution in [0.15, 0.2) is 48.5 Å². The Balaban J connectivity index is 1.60. The molecule has 6 nitrogen and oxygen atoms in total. The molecular weight excluding hydrogens is 346 g/mol. The number of benzene rings is 2. The van der Waals surface area contributed by atoms with Gasteiger partial charge in [-0.2, -0.15) is 0 Å².